The topological polar surface area (TPSA) is 64.4 Å². The van der Waals surface area contributed by atoms with Crippen molar-refractivity contribution >= 4 is 16.9 Å². The van der Waals surface area contributed by atoms with E-state index in [0.29, 0.717) is 11.3 Å². The maximum Gasteiger partial charge on any atom is 0.287 e. The molecule has 3 aromatic rings. The number of nitrogens with one attached hydrogen (secondary N) is 1. The van der Waals surface area contributed by atoms with Gasteiger partial charge in [0, 0.05) is 17.1 Å². The van der Waals surface area contributed by atoms with Crippen molar-refractivity contribution in [2.45, 2.75) is 19.9 Å². The van der Waals surface area contributed by atoms with Crippen molar-refractivity contribution in [3.63, 3.8) is 0 Å². The van der Waals surface area contributed by atoms with Crippen molar-refractivity contribution in [2.24, 2.45) is 0 Å². The summed E-state index contributed by atoms with van der Waals surface area (Å²) in [6.45, 7) is 3.76. The monoisotopic (exact) mass is 310 g/mol. The van der Waals surface area contributed by atoms with Crippen molar-refractivity contribution < 1.29 is 13.9 Å². The number of hydrogen-bond donors (Lipinski definition) is 1. The van der Waals surface area contributed by atoms with Gasteiger partial charge in [-0.2, -0.15) is 0 Å². The Kier molecular flexibility index (Phi) is 4.02. The Morgan fingerprint density at radius 2 is 2.13 bits per heavy atom. The molecule has 0 aliphatic carbocycles. The second kappa shape index (κ2) is 6.12. The molecule has 1 atom stereocenters. The summed E-state index contributed by atoms with van der Waals surface area (Å²) < 4.78 is 10.9. The van der Waals surface area contributed by atoms with Crippen molar-refractivity contribution in [3.05, 3.63) is 59.6 Å². The summed E-state index contributed by atoms with van der Waals surface area (Å²) in [6.07, 6.45) is 1.71. The number of aryl methyl sites for hydroxylation is 1. The molecule has 0 saturated heterocycles. The van der Waals surface area contributed by atoms with Gasteiger partial charge < -0.3 is 14.5 Å². The first-order chi connectivity index (χ1) is 11.1. The largest absolute Gasteiger partial charge is 0.497 e. The standard InChI is InChI=1S/C18H18N2O3/c1-11-14-10-13(22-3)7-8-16(14)23-17(11)18(21)20-12(2)15-6-4-5-9-19-15/h4-10,12H,1-3H3,(H,20,21)/t12-/m1/s1. The number of benzene rings is 1. The summed E-state index contributed by atoms with van der Waals surface area (Å²) in [7, 11) is 1.61. The lowest BCUT2D eigenvalue weighted by molar-refractivity contribution is 0.0912. The predicted molar refractivity (Wildman–Crippen MR) is 87.6 cm³/mol. The zero-order chi connectivity index (χ0) is 16.4. The zero-order valence-corrected chi connectivity index (χ0v) is 13.3. The van der Waals surface area contributed by atoms with Crippen LogP contribution in [0.3, 0.4) is 0 Å². The number of fused-ring (bicyclic) bond motifs is 1. The van der Waals surface area contributed by atoms with Gasteiger partial charge >= 0.3 is 0 Å². The van der Waals surface area contributed by atoms with Crippen LogP contribution in [-0.2, 0) is 0 Å². The van der Waals surface area contributed by atoms with Gasteiger partial charge in [-0.15, -0.1) is 0 Å². The molecule has 0 unspecified atom stereocenters. The Labute approximate surface area is 134 Å². The quantitative estimate of drug-likeness (QED) is 0.799. The number of ether oxygens (including phenoxy) is 1. The molecule has 0 fully saturated rings. The minimum absolute atomic E-state index is 0.203. The molecule has 1 N–H and O–H groups in total. The number of carbonyl (C=O) groups excluding carboxylic acids is 1. The van der Waals surface area contributed by atoms with E-state index < -0.39 is 0 Å². The maximum atomic E-state index is 12.5. The van der Waals surface area contributed by atoms with Crippen molar-refractivity contribution in [2.75, 3.05) is 7.11 Å². The van der Waals surface area contributed by atoms with E-state index in [2.05, 4.69) is 10.3 Å². The van der Waals surface area contributed by atoms with E-state index in [-0.39, 0.29) is 11.9 Å². The molecule has 0 radical (unpaired) electrons. The van der Waals surface area contributed by atoms with E-state index in [9.17, 15) is 4.79 Å². The van der Waals surface area contributed by atoms with Crippen LogP contribution in [0, 0.1) is 6.92 Å². The molecule has 2 heterocycles. The predicted octanol–water partition coefficient (Wildman–Crippen LogP) is 3.64. The van der Waals surface area contributed by atoms with Crippen molar-refractivity contribution in [3.8, 4) is 5.75 Å². The number of rotatable bonds is 4. The zero-order valence-electron chi connectivity index (χ0n) is 13.3. The molecule has 3 rings (SSSR count). The third-order valence-electron chi connectivity index (χ3n) is 3.83. The number of methoxy groups -OCH3 is 1. The van der Waals surface area contributed by atoms with Gasteiger partial charge in [0.15, 0.2) is 5.76 Å². The van der Waals surface area contributed by atoms with Gasteiger partial charge in [0.25, 0.3) is 5.91 Å². The fourth-order valence-corrected chi connectivity index (χ4v) is 2.51. The van der Waals surface area contributed by atoms with Gasteiger partial charge in [-0.3, -0.25) is 9.78 Å². The van der Waals surface area contributed by atoms with Crippen LogP contribution < -0.4 is 10.1 Å². The van der Waals surface area contributed by atoms with Gasteiger partial charge in [-0.25, -0.2) is 0 Å². The SMILES string of the molecule is COc1ccc2oc(C(=O)N[C@H](C)c3ccccn3)c(C)c2c1. The first-order valence-corrected chi connectivity index (χ1v) is 7.39. The van der Waals surface area contributed by atoms with Crippen LogP contribution in [0.4, 0.5) is 0 Å². The van der Waals surface area contributed by atoms with Gasteiger partial charge in [0.2, 0.25) is 0 Å². The fraction of sp³-hybridized carbons (Fsp3) is 0.222. The van der Waals surface area contributed by atoms with Crippen LogP contribution in [0.25, 0.3) is 11.0 Å². The first-order valence-electron chi connectivity index (χ1n) is 7.39. The van der Waals surface area contributed by atoms with E-state index >= 15 is 0 Å². The lowest BCUT2D eigenvalue weighted by Crippen LogP contribution is -2.27. The molecule has 23 heavy (non-hydrogen) atoms. The summed E-state index contributed by atoms with van der Waals surface area (Å²) in [6, 6.07) is 10.9. The molecular weight excluding hydrogens is 292 g/mol. The third kappa shape index (κ3) is 2.90. The van der Waals surface area contributed by atoms with E-state index in [1.54, 1.807) is 19.4 Å². The smallest absolute Gasteiger partial charge is 0.287 e. The highest BCUT2D eigenvalue weighted by Crippen LogP contribution is 2.29. The minimum atomic E-state index is -0.254. The average molecular weight is 310 g/mol. The van der Waals surface area contributed by atoms with Gasteiger partial charge in [0.1, 0.15) is 11.3 Å². The van der Waals surface area contributed by atoms with Crippen LogP contribution in [0.2, 0.25) is 0 Å². The van der Waals surface area contributed by atoms with Crippen molar-refractivity contribution in [1.29, 1.82) is 0 Å². The van der Waals surface area contributed by atoms with Crippen LogP contribution >= 0.6 is 0 Å². The van der Waals surface area contributed by atoms with Crippen LogP contribution in [0.5, 0.6) is 5.75 Å². The highest BCUT2D eigenvalue weighted by atomic mass is 16.5. The average Bonchev–Trinajstić information content (AvgIpc) is 2.92. The normalized spacial score (nSPS) is 12.1. The van der Waals surface area contributed by atoms with Gasteiger partial charge in [-0.1, -0.05) is 6.07 Å². The molecule has 0 saturated carbocycles. The second-order valence-electron chi connectivity index (χ2n) is 5.37. The van der Waals surface area contributed by atoms with Crippen LogP contribution in [0.15, 0.2) is 47.0 Å². The summed E-state index contributed by atoms with van der Waals surface area (Å²) in [4.78, 5) is 16.8. The Bertz CT molecular complexity index is 840. The molecule has 0 spiro atoms. The number of carbonyl (C=O) groups is 1. The van der Waals surface area contributed by atoms with E-state index in [1.807, 2.05) is 44.2 Å². The molecule has 5 nitrogen and oxygen atoms in total. The van der Waals surface area contributed by atoms with Crippen molar-refractivity contribution in [1.82, 2.24) is 10.3 Å². The number of hydrogen-bond acceptors (Lipinski definition) is 4. The summed E-state index contributed by atoms with van der Waals surface area (Å²) in [5.41, 5.74) is 2.26. The molecule has 0 aliphatic heterocycles. The number of pyridine rings is 1. The lowest BCUT2D eigenvalue weighted by atomic mass is 10.1. The lowest BCUT2D eigenvalue weighted by Gasteiger charge is -2.12. The second-order valence-corrected chi connectivity index (χ2v) is 5.37. The Hall–Kier alpha value is -2.82. The van der Waals surface area contributed by atoms with Gasteiger partial charge in [-0.05, 0) is 44.2 Å². The van der Waals surface area contributed by atoms with Crippen LogP contribution in [0.1, 0.15) is 34.8 Å². The number of nitrogens with zero attached hydrogens (tertiary/aromatic N) is 1. The maximum absolute atomic E-state index is 12.5. The molecule has 1 aromatic carbocycles. The highest BCUT2D eigenvalue weighted by molar-refractivity contribution is 5.99. The summed E-state index contributed by atoms with van der Waals surface area (Å²) in [5.74, 6) is 0.794. The fourth-order valence-electron chi connectivity index (χ4n) is 2.51. The highest BCUT2D eigenvalue weighted by Gasteiger charge is 2.20. The first kappa shape index (κ1) is 15.1. The number of amides is 1. The Morgan fingerprint density at radius 1 is 1.30 bits per heavy atom. The van der Waals surface area contributed by atoms with E-state index in [1.165, 1.54) is 0 Å². The van der Waals surface area contributed by atoms with Gasteiger partial charge in [0.05, 0.1) is 18.8 Å². The Balaban J connectivity index is 1.88. The summed E-state index contributed by atoms with van der Waals surface area (Å²) >= 11 is 0. The molecule has 5 heteroatoms. The van der Waals surface area contributed by atoms with E-state index in [0.717, 1.165) is 22.4 Å². The molecule has 0 aliphatic rings. The van der Waals surface area contributed by atoms with Crippen LogP contribution in [-0.4, -0.2) is 18.0 Å². The molecular formula is C18H18N2O3. The van der Waals surface area contributed by atoms with E-state index in [4.69, 9.17) is 9.15 Å². The molecule has 1 amide bonds. The summed E-state index contributed by atoms with van der Waals surface area (Å²) in [5, 5.41) is 3.79. The molecule has 2 aromatic heterocycles. The third-order valence-corrected chi connectivity index (χ3v) is 3.83. The Morgan fingerprint density at radius 3 is 2.83 bits per heavy atom. The minimum Gasteiger partial charge on any atom is -0.497 e. The molecule has 118 valence electrons. The number of aromatic nitrogens is 1. The number of furan rings is 1. The molecule has 0 bridgehead atoms.